The van der Waals surface area contributed by atoms with Gasteiger partial charge < -0.3 is 10.1 Å². The Morgan fingerprint density at radius 2 is 2.10 bits per heavy atom. The van der Waals surface area contributed by atoms with Gasteiger partial charge in [-0.2, -0.15) is 5.10 Å². The number of nitrogens with one attached hydrogen (secondary N) is 2. The number of benzene rings is 2. The third kappa shape index (κ3) is 3.95. The van der Waals surface area contributed by atoms with E-state index in [4.69, 9.17) is 16.3 Å². The Hall–Kier alpha value is -2.77. The maximum absolute atomic E-state index is 14.5. The summed E-state index contributed by atoms with van der Waals surface area (Å²) < 4.78 is 34.0. The number of nitrogens with zero attached hydrogens (tertiary/aromatic N) is 1. The number of aromatic nitrogens is 2. The second kappa shape index (κ2) is 8.53. The molecule has 5 nitrogen and oxygen atoms in total. The Kier molecular flexibility index (Phi) is 5.83. The smallest absolute Gasteiger partial charge is 0.255 e. The first-order valence-corrected chi connectivity index (χ1v) is 9.96. The number of carbonyl (C=O) groups is 1. The minimum absolute atomic E-state index is 0.0128. The molecule has 0 unspecified atom stereocenters. The summed E-state index contributed by atoms with van der Waals surface area (Å²) in [5.74, 6) is -1.58. The highest BCUT2D eigenvalue weighted by Gasteiger charge is 2.30. The molecule has 1 aliphatic rings. The number of hydrogen-bond acceptors (Lipinski definition) is 3. The molecule has 0 bridgehead atoms. The Morgan fingerprint density at radius 1 is 1.30 bits per heavy atom. The fourth-order valence-electron chi connectivity index (χ4n) is 3.82. The highest BCUT2D eigenvalue weighted by atomic mass is 35.5. The summed E-state index contributed by atoms with van der Waals surface area (Å²) in [5.41, 5.74) is 1.21. The molecule has 2 heterocycles. The van der Waals surface area contributed by atoms with Crippen LogP contribution in [0.1, 0.15) is 33.9 Å². The number of ether oxygens (including phenoxy) is 1. The second-order valence-corrected chi connectivity index (χ2v) is 7.75. The van der Waals surface area contributed by atoms with Gasteiger partial charge in [0, 0.05) is 23.1 Å². The van der Waals surface area contributed by atoms with Crippen molar-refractivity contribution in [3.05, 3.63) is 75.9 Å². The first-order valence-electron chi connectivity index (χ1n) is 9.58. The minimum atomic E-state index is -0.636. The number of H-pyrrole nitrogens is 1. The summed E-state index contributed by atoms with van der Waals surface area (Å²) in [5, 5.41) is 10.1. The van der Waals surface area contributed by atoms with E-state index in [9.17, 15) is 13.6 Å². The van der Waals surface area contributed by atoms with Crippen LogP contribution in [0, 0.1) is 24.5 Å². The summed E-state index contributed by atoms with van der Waals surface area (Å²) in [7, 11) is 0. The maximum Gasteiger partial charge on any atom is 0.255 e. The normalized spacial score (nSPS) is 17.1. The van der Waals surface area contributed by atoms with Gasteiger partial charge in [-0.25, -0.2) is 8.78 Å². The van der Waals surface area contributed by atoms with Gasteiger partial charge in [0.15, 0.2) is 0 Å². The van der Waals surface area contributed by atoms with Crippen LogP contribution in [0.4, 0.5) is 8.78 Å². The SMILES string of the molecule is Cc1c(F)ccc(F)c1-c1[nH]ncc1C(=O)N[C@@H](c1cccc(Cl)c1)[C@@H]1CCOC1. The van der Waals surface area contributed by atoms with E-state index in [0.29, 0.717) is 18.2 Å². The first-order chi connectivity index (χ1) is 14.5. The Morgan fingerprint density at radius 3 is 2.83 bits per heavy atom. The number of amides is 1. The fraction of sp³-hybridized carbons (Fsp3) is 0.273. The predicted octanol–water partition coefficient (Wildman–Crippen LogP) is 4.82. The molecule has 0 aliphatic carbocycles. The third-order valence-electron chi connectivity index (χ3n) is 5.41. The van der Waals surface area contributed by atoms with Crippen molar-refractivity contribution in [2.45, 2.75) is 19.4 Å². The van der Waals surface area contributed by atoms with Crippen LogP contribution in [-0.2, 0) is 4.74 Å². The van der Waals surface area contributed by atoms with Crippen LogP contribution >= 0.6 is 11.6 Å². The molecule has 2 aromatic carbocycles. The maximum atomic E-state index is 14.5. The predicted molar refractivity (Wildman–Crippen MR) is 109 cm³/mol. The molecule has 1 fully saturated rings. The van der Waals surface area contributed by atoms with E-state index in [1.807, 2.05) is 12.1 Å². The number of aromatic amines is 1. The van der Waals surface area contributed by atoms with Gasteiger partial charge >= 0.3 is 0 Å². The molecule has 2 N–H and O–H groups in total. The van der Waals surface area contributed by atoms with Crippen LogP contribution in [0.3, 0.4) is 0 Å². The van der Waals surface area contributed by atoms with Gasteiger partial charge in [0.2, 0.25) is 0 Å². The lowest BCUT2D eigenvalue weighted by atomic mass is 9.92. The molecule has 1 aliphatic heterocycles. The minimum Gasteiger partial charge on any atom is -0.381 e. The number of rotatable bonds is 5. The highest BCUT2D eigenvalue weighted by molar-refractivity contribution is 6.30. The van der Waals surface area contributed by atoms with Crippen molar-refractivity contribution in [2.75, 3.05) is 13.2 Å². The highest BCUT2D eigenvalue weighted by Crippen LogP contribution is 2.32. The van der Waals surface area contributed by atoms with Crippen molar-refractivity contribution in [2.24, 2.45) is 5.92 Å². The molecule has 0 spiro atoms. The lowest BCUT2D eigenvalue weighted by Crippen LogP contribution is -2.34. The van der Waals surface area contributed by atoms with E-state index in [-0.39, 0.29) is 34.3 Å². The van der Waals surface area contributed by atoms with Gasteiger partial charge in [0.05, 0.1) is 30.1 Å². The van der Waals surface area contributed by atoms with Gasteiger partial charge in [-0.05, 0) is 48.7 Å². The Labute approximate surface area is 177 Å². The van der Waals surface area contributed by atoms with Gasteiger partial charge in [0.1, 0.15) is 11.6 Å². The quantitative estimate of drug-likeness (QED) is 0.608. The third-order valence-corrected chi connectivity index (χ3v) is 5.65. The second-order valence-electron chi connectivity index (χ2n) is 7.32. The van der Waals surface area contributed by atoms with Gasteiger partial charge in [0.25, 0.3) is 5.91 Å². The lowest BCUT2D eigenvalue weighted by molar-refractivity contribution is 0.0916. The summed E-state index contributed by atoms with van der Waals surface area (Å²) in [4.78, 5) is 13.2. The standard InChI is InChI=1S/C22H20ClF2N3O2/c1-12-17(24)5-6-18(25)19(12)21-16(10-26-28-21)22(29)27-20(14-7-8-30-11-14)13-3-2-4-15(23)9-13/h2-6,9-10,14,20H,7-8,11H2,1H3,(H,26,28)(H,27,29)/t14-,20+/m1/s1. The summed E-state index contributed by atoms with van der Waals surface area (Å²) in [6, 6.07) is 9.02. The van der Waals surface area contributed by atoms with Crippen molar-refractivity contribution < 1.29 is 18.3 Å². The van der Waals surface area contributed by atoms with E-state index in [1.54, 1.807) is 12.1 Å². The van der Waals surface area contributed by atoms with Crippen LogP contribution in [0.25, 0.3) is 11.3 Å². The lowest BCUT2D eigenvalue weighted by Gasteiger charge is -2.24. The van der Waals surface area contributed by atoms with Gasteiger partial charge in [-0.15, -0.1) is 0 Å². The zero-order valence-corrected chi connectivity index (χ0v) is 17.0. The molecule has 0 radical (unpaired) electrons. The molecule has 1 aromatic heterocycles. The monoisotopic (exact) mass is 431 g/mol. The average Bonchev–Trinajstić information content (AvgIpc) is 3.41. The molecule has 30 heavy (non-hydrogen) atoms. The molecule has 2 atom stereocenters. The number of hydrogen-bond donors (Lipinski definition) is 2. The number of halogens is 3. The largest absolute Gasteiger partial charge is 0.381 e. The Balaban J connectivity index is 1.68. The molecular formula is C22H20ClF2N3O2. The van der Waals surface area contributed by atoms with Gasteiger partial charge in [-0.1, -0.05) is 23.7 Å². The molecule has 3 aromatic rings. The summed E-state index contributed by atoms with van der Waals surface area (Å²) in [6.45, 7) is 2.58. The van der Waals surface area contributed by atoms with E-state index < -0.39 is 17.5 Å². The molecule has 0 saturated carbocycles. The van der Waals surface area contributed by atoms with Crippen molar-refractivity contribution in [3.63, 3.8) is 0 Å². The topological polar surface area (TPSA) is 67.0 Å². The Bertz CT molecular complexity index is 1080. The zero-order valence-electron chi connectivity index (χ0n) is 16.2. The van der Waals surface area contributed by atoms with E-state index in [1.165, 1.54) is 13.1 Å². The van der Waals surface area contributed by atoms with E-state index in [2.05, 4.69) is 15.5 Å². The van der Waals surface area contributed by atoms with Crippen LogP contribution in [0.2, 0.25) is 5.02 Å². The van der Waals surface area contributed by atoms with Crippen LogP contribution in [-0.4, -0.2) is 29.3 Å². The van der Waals surface area contributed by atoms with Crippen LogP contribution < -0.4 is 5.32 Å². The van der Waals surface area contributed by atoms with Crippen molar-refractivity contribution in [1.82, 2.24) is 15.5 Å². The van der Waals surface area contributed by atoms with E-state index in [0.717, 1.165) is 24.1 Å². The van der Waals surface area contributed by atoms with Crippen LogP contribution in [0.15, 0.2) is 42.6 Å². The first kappa shape index (κ1) is 20.5. The fourth-order valence-corrected chi connectivity index (χ4v) is 4.02. The van der Waals surface area contributed by atoms with Crippen molar-refractivity contribution in [1.29, 1.82) is 0 Å². The van der Waals surface area contributed by atoms with Crippen LogP contribution in [0.5, 0.6) is 0 Å². The summed E-state index contributed by atoms with van der Waals surface area (Å²) in [6.07, 6.45) is 2.10. The number of carbonyl (C=O) groups excluding carboxylic acids is 1. The molecule has 1 amide bonds. The molecule has 4 rings (SSSR count). The zero-order chi connectivity index (χ0) is 21.3. The van der Waals surface area contributed by atoms with Gasteiger partial charge in [-0.3, -0.25) is 9.89 Å². The molecule has 1 saturated heterocycles. The summed E-state index contributed by atoms with van der Waals surface area (Å²) >= 11 is 6.15. The molecular weight excluding hydrogens is 412 g/mol. The molecule has 156 valence electrons. The van der Waals surface area contributed by atoms with Crippen molar-refractivity contribution in [3.8, 4) is 11.3 Å². The average molecular weight is 432 g/mol. The van der Waals surface area contributed by atoms with E-state index >= 15 is 0 Å². The molecule has 8 heteroatoms. The van der Waals surface area contributed by atoms with Crippen molar-refractivity contribution >= 4 is 17.5 Å².